The van der Waals surface area contributed by atoms with Crippen LogP contribution in [-0.2, 0) is 16.0 Å². The minimum absolute atomic E-state index is 0.0907. The first-order valence-electron chi connectivity index (χ1n) is 7.25. The molecular formula is C17H16O5S. The van der Waals surface area contributed by atoms with Crippen molar-refractivity contribution in [3.05, 3.63) is 45.6 Å². The maximum atomic E-state index is 11.9. The highest BCUT2D eigenvalue weighted by Crippen LogP contribution is 2.30. The fourth-order valence-corrected chi connectivity index (χ4v) is 3.01. The molecule has 0 bridgehead atoms. The van der Waals surface area contributed by atoms with Gasteiger partial charge in [-0.3, -0.25) is 9.59 Å². The molecule has 2 aromatic rings. The van der Waals surface area contributed by atoms with E-state index in [1.54, 1.807) is 24.3 Å². The number of benzene rings is 1. The van der Waals surface area contributed by atoms with Gasteiger partial charge >= 0.3 is 5.97 Å². The Balaban J connectivity index is 1.54. The van der Waals surface area contributed by atoms with Crippen LogP contribution >= 0.6 is 11.3 Å². The lowest BCUT2D eigenvalue weighted by atomic mass is 10.1. The number of carbonyl (C=O) groups is 2. The highest BCUT2D eigenvalue weighted by molar-refractivity contribution is 7.14. The molecule has 0 radical (unpaired) electrons. The molecule has 120 valence electrons. The number of esters is 1. The third-order valence-electron chi connectivity index (χ3n) is 3.33. The third kappa shape index (κ3) is 3.90. The Kier molecular flexibility index (Phi) is 4.62. The van der Waals surface area contributed by atoms with Crippen LogP contribution in [0.2, 0.25) is 0 Å². The molecular weight excluding hydrogens is 316 g/mol. The second-order valence-electron chi connectivity index (χ2n) is 5.15. The van der Waals surface area contributed by atoms with Gasteiger partial charge in [0.15, 0.2) is 18.1 Å². The van der Waals surface area contributed by atoms with E-state index in [2.05, 4.69) is 0 Å². The van der Waals surface area contributed by atoms with Crippen LogP contribution in [0.5, 0.6) is 11.5 Å². The number of rotatable bonds is 5. The topological polar surface area (TPSA) is 61.8 Å². The van der Waals surface area contributed by atoms with Crippen molar-refractivity contribution in [3.8, 4) is 11.5 Å². The summed E-state index contributed by atoms with van der Waals surface area (Å²) in [7, 11) is 0. The highest BCUT2D eigenvalue weighted by atomic mass is 32.1. The van der Waals surface area contributed by atoms with Gasteiger partial charge in [0, 0.05) is 4.88 Å². The summed E-state index contributed by atoms with van der Waals surface area (Å²) in [5.41, 5.74) is 0.763. The molecule has 2 heterocycles. The van der Waals surface area contributed by atoms with Crippen molar-refractivity contribution in [2.45, 2.75) is 13.3 Å². The maximum absolute atomic E-state index is 11.9. The molecule has 5 nitrogen and oxygen atoms in total. The summed E-state index contributed by atoms with van der Waals surface area (Å²) in [6.07, 6.45) is 0.0907. The fraction of sp³-hybridized carbons (Fsp3) is 0.294. The molecule has 0 fully saturated rings. The molecule has 0 atom stereocenters. The summed E-state index contributed by atoms with van der Waals surface area (Å²) in [6, 6.07) is 8.95. The predicted octanol–water partition coefficient (Wildman–Crippen LogP) is 2.80. The quantitative estimate of drug-likeness (QED) is 0.622. The number of aryl methyl sites for hydroxylation is 1. The zero-order valence-electron chi connectivity index (χ0n) is 12.7. The van der Waals surface area contributed by atoms with Gasteiger partial charge in [0.1, 0.15) is 13.2 Å². The number of ether oxygens (including phenoxy) is 3. The normalized spacial score (nSPS) is 12.7. The first-order valence-corrected chi connectivity index (χ1v) is 8.07. The Morgan fingerprint density at radius 2 is 1.91 bits per heavy atom. The lowest BCUT2D eigenvalue weighted by Gasteiger charge is -2.18. The molecule has 23 heavy (non-hydrogen) atoms. The van der Waals surface area contributed by atoms with E-state index in [1.165, 1.54) is 11.3 Å². The minimum atomic E-state index is -0.441. The Morgan fingerprint density at radius 3 is 2.65 bits per heavy atom. The van der Waals surface area contributed by atoms with Gasteiger partial charge in [-0.1, -0.05) is 6.07 Å². The zero-order chi connectivity index (χ0) is 16.2. The Labute approximate surface area is 137 Å². The van der Waals surface area contributed by atoms with Crippen molar-refractivity contribution in [1.29, 1.82) is 0 Å². The molecule has 1 aromatic carbocycles. The predicted molar refractivity (Wildman–Crippen MR) is 85.5 cm³/mol. The van der Waals surface area contributed by atoms with Crippen molar-refractivity contribution in [3.63, 3.8) is 0 Å². The van der Waals surface area contributed by atoms with Crippen molar-refractivity contribution < 1.29 is 23.8 Å². The molecule has 3 rings (SSSR count). The largest absolute Gasteiger partial charge is 0.486 e. The van der Waals surface area contributed by atoms with Gasteiger partial charge in [0.2, 0.25) is 5.78 Å². The standard InChI is InChI=1S/C17H16O5S/c1-11-2-5-16(23-11)13(18)10-22-17(19)9-12-3-4-14-15(8-12)21-7-6-20-14/h2-5,8H,6-7,9-10H2,1H3. The molecule has 0 aliphatic carbocycles. The molecule has 0 saturated heterocycles. The number of hydrogen-bond donors (Lipinski definition) is 0. The van der Waals surface area contributed by atoms with Crippen molar-refractivity contribution in [2.75, 3.05) is 19.8 Å². The summed E-state index contributed by atoms with van der Waals surface area (Å²) in [5.74, 6) is 0.685. The molecule has 0 N–H and O–H groups in total. The van der Waals surface area contributed by atoms with Gasteiger partial charge in [-0.05, 0) is 36.8 Å². The molecule has 0 saturated carbocycles. The molecule has 1 aliphatic heterocycles. The molecule has 1 aromatic heterocycles. The first-order chi connectivity index (χ1) is 11.1. The van der Waals surface area contributed by atoms with Crippen LogP contribution in [0.15, 0.2) is 30.3 Å². The highest BCUT2D eigenvalue weighted by Gasteiger charge is 2.15. The number of fused-ring (bicyclic) bond motifs is 1. The average molecular weight is 332 g/mol. The second kappa shape index (κ2) is 6.83. The zero-order valence-corrected chi connectivity index (χ0v) is 13.5. The van der Waals surface area contributed by atoms with E-state index in [9.17, 15) is 9.59 Å². The summed E-state index contributed by atoms with van der Waals surface area (Å²) in [4.78, 5) is 25.4. The molecule has 1 aliphatic rings. The molecule has 6 heteroatoms. The van der Waals surface area contributed by atoms with Crippen LogP contribution in [0.3, 0.4) is 0 Å². The third-order valence-corrected chi connectivity index (χ3v) is 4.38. The summed E-state index contributed by atoms with van der Waals surface area (Å²) in [6.45, 7) is 2.72. The van der Waals surface area contributed by atoms with Gasteiger partial charge in [-0.25, -0.2) is 0 Å². The van der Waals surface area contributed by atoms with E-state index < -0.39 is 5.97 Å². The molecule has 0 amide bonds. The van der Waals surface area contributed by atoms with E-state index in [0.717, 1.165) is 10.4 Å². The van der Waals surface area contributed by atoms with Crippen molar-refractivity contribution >= 4 is 23.1 Å². The molecule has 0 unspecified atom stereocenters. The smallest absolute Gasteiger partial charge is 0.310 e. The minimum Gasteiger partial charge on any atom is -0.486 e. The van der Waals surface area contributed by atoms with Gasteiger partial charge < -0.3 is 14.2 Å². The molecule has 0 spiro atoms. The van der Waals surface area contributed by atoms with Crippen LogP contribution in [0.25, 0.3) is 0 Å². The van der Waals surface area contributed by atoms with Crippen LogP contribution in [0, 0.1) is 6.92 Å². The SMILES string of the molecule is Cc1ccc(C(=O)COC(=O)Cc2ccc3c(c2)OCCO3)s1. The van der Waals surface area contributed by atoms with Crippen molar-refractivity contribution in [1.82, 2.24) is 0 Å². The summed E-state index contributed by atoms with van der Waals surface area (Å²) >= 11 is 1.40. The Bertz CT molecular complexity index is 734. The van der Waals surface area contributed by atoms with E-state index in [0.29, 0.717) is 29.6 Å². The van der Waals surface area contributed by atoms with Crippen molar-refractivity contribution in [2.24, 2.45) is 0 Å². The van der Waals surface area contributed by atoms with E-state index in [4.69, 9.17) is 14.2 Å². The van der Waals surface area contributed by atoms with E-state index in [1.807, 2.05) is 13.0 Å². The maximum Gasteiger partial charge on any atom is 0.310 e. The van der Waals surface area contributed by atoms with Crippen LogP contribution in [-0.4, -0.2) is 31.6 Å². The number of hydrogen-bond acceptors (Lipinski definition) is 6. The van der Waals surface area contributed by atoms with E-state index in [-0.39, 0.29) is 18.8 Å². The Morgan fingerprint density at radius 1 is 1.13 bits per heavy atom. The number of carbonyl (C=O) groups excluding carboxylic acids is 2. The summed E-state index contributed by atoms with van der Waals surface area (Å²) < 4.78 is 16.0. The summed E-state index contributed by atoms with van der Waals surface area (Å²) in [5, 5.41) is 0. The van der Waals surface area contributed by atoms with Crippen LogP contribution < -0.4 is 9.47 Å². The lowest BCUT2D eigenvalue weighted by Crippen LogP contribution is -2.17. The number of thiophene rings is 1. The first kappa shape index (κ1) is 15.6. The van der Waals surface area contributed by atoms with Crippen LogP contribution in [0.4, 0.5) is 0 Å². The monoisotopic (exact) mass is 332 g/mol. The lowest BCUT2D eigenvalue weighted by molar-refractivity contribution is -0.141. The average Bonchev–Trinajstić information content (AvgIpc) is 2.99. The Hall–Kier alpha value is -2.34. The van der Waals surface area contributed by atoms with Gasteiger partial charge in [0.05, 0.1) is 11.3 Å². The fourth-order valence-electron chi connectivity index (χ4n) is 2.22. The number of Topliss-reactive ketones (excluding diaryl/α,β-unsaturated/α-hetero) is 1. The second-order valence-corrected chi connectivity index (χ2v) is 6.44. The number of ketones is 1. The van der Waals surface area contributed by atoms with E-state index >= 15 is 0 Å². The van der Waals surface area contributed by atoms with Gasteiger partial charge in [-0.2, -0.15) is 0 Å². The van der Waals surface area contributed by atoms with Gasteiger partial charge in [-0.15, -0.1) is 11.3 Å². The van der Waals surface area contributed by atoms with Gasteiger partial charge in [0.25, 0.3) is 0 Å². The van der Waals surface area contributed by atoms with Crippen LogP contribution in [0.1, 0.15) is 20.1 Å².